The van der Waals surface area contributed by atoms with Gasteiger partial charge in [-0.3, -0.25) is 0 Å². The van der Waals surface area contributed by atoms with Crippen LogP contribution in [0.3, 0.4) is 0 Å². The van der Waals surface area contributed by atoms with Crippen LogP contribution in [0.5, 0.6) is 5.75 Å². The third-order valence-electron chi connectivity index (χ3n) is 3.92. The summed E-state index contributed by atoms with van der Waals surface area (Å²) in [5.41, 5.74) is -0.634. The summed E-state index contributed by atoms with van der Waals surface area (Å²) in [4.78, 5) is 8.45. The van der Waals surface area contributed by atoms with Crippen LogP contribution in [0.4, 0.5) is 11.6 Å². The molecule has 0 unspecified atom stereocenters. The van der Waals surface area contributed by atoms with E-state index in [0.717, 1.165) is 38.6 Å². The first kappa shape index (κ1) is 15.8. The average Bonchev–Trinajstić information content (AvgIpc) is 2.51. The SMILES string of the molecule is CCCNc1ncnc(NCC2(O)CCCCC2)c1OC. The van der Waals surface area contributed by atoms with Crippen LogP contribution in [0.15, 0.2) is 6.33 Å². The minimum Gasteiger partial charge on any atom is -0.490 e. The molecule has 0 aliphatic heterocycles. The van der Waals surface area contributed by atoms with E-state index in [1.165, 1.54) is 12.7 Å². The lowest BCUT2D eigenvalue weighted by Crippen LogP contribution is -2.39. The fourth-order valence-corrected chi connectivity index (χ4v) is 2.70. The Labute approximate surface area is 126 Å². The summed E-state index contributed by atoms with van der Waals surface area (Å²) < 4.78 is 5.41. The summed E-state index contributed by atoms with van der Waals surface area (Å²) in [7, 11) is 1.61. The molecule has 1 aromatic rings. The second-order valence-electron chi connectivity index (χ2n) is 5.67. The number of ether oxygens (including phenoxy) is 1. The van der Waals surface area contributed by atoms with Crippen molar-refractivity contribution in [1.82, 2.24) is 9.97 Å². The molecule has 1 aliphatic rings. The highest BCUT2D eigenvalue weighted by atomic mass is 16.5. The maximum Gasteiger partial charge on any atom is 0.204 e. The van der Waals surface area contributed by atoms with Crippen LogP contribution in [-0.2, 0) is 0 Å². The maximum absolute atomic E-state index is 10.5. The lowest BCUT2D eigenvalue weighted by Gasteiger charge is -2.32. The number of rotatable bonds is 7. The van der Waals surface area contributed by atoms with Crippen LogP contribution in [0.2, 0.25) is 0 Å². The highest BCUT2D eigenvalue weighted by Gasteiger charge is 2.29. The topological polar surface area (TPSA) is 79.3 Å². The molecule has 1 saturated carbocycles. The van der Waals surface area contributed by atoms with Gasteiger partial charge in [0.15, 0.2) is 11.6 Å². The van der Waals surface area contributed by atoms with E-state index >= 15 is 0 Å². The first-order valence-electron chi connectivity index (χ1n) is 7.77. The van der Waals surface area contributed by atoms with Crippen molar-refractivity contribution in [2.24, 2.45) is 0 Å². The largest absolute Gasteiger partial charge is 0.490 e. The van der Waals surface area contributed by atoms with Gasteiger partial charge in [-0.15, -0.1) is 0 Å². The number of aliphatic hydroxyl groups is 1. The molecule has 1 fully saturated rings. The highest BCUT2D eigenvalue weighted by molar-refractivity contribution is 5.63. The van der Waals surface area contributed by atoms with Crippen molar-refractivity contribution in [3.05, 3.63) is 6.33 Å². The lowest BCUT2D eigenvalue weighted by atomic mass is 9.85. The molecule has 0 saturated heterocycles. The Balaban J connectivity index is 2.04. The van der Waals surface area contributed by atoms with E-state index in [1.54, 1.807) is 7.11 Å². The molecule has 2 rings (SSSR count). The van der Waals surface area contributed by atoms with Crippen molar-refractivity contribution in [2.45, 2.75) is 51.0 Å². The second kappa shape index (κ2) is 7.45. The number of nitrogens with one attached hydrogen (secondary N) is 2. The number of methoxy groups -OCH3 is 1. The third-order valence-corrected chi connectivity index (χ3v) is 3.92. The zero-order valence-corrected chi connectivity index (χ0v) is 13.0. The van der Waals surface area contributed by atoms with Crippen molar-refractivity contribution in [2.75, 3.05) is 30.8 Å². The Kier molecular flexibility index (Phi) is 5.61. The van der Waals surface area contributed by atoms with E-state index < -0.39 is 5.60 Å². The quantitative estimate of drug-likeness (QED) is 0.716. The van der Waals surface area contributed by atoms with Gasteiger partial charge in [0, 0.05) is 13.1 Å². The maximum atomic E-state index is 10.5. The summed E-state index contributed by atoms with van der Waals surface area (Å²) >= 11 is 0. The number of anilines is 2. The van der Waals surface area contributed by atoms with Gasteiger partial charge in [-0.2, -0.15) is 0 Å². The van der Waals surface area contributed by atoms with Crippen LogP contribution in [0.25, 0.3) is 0 Å². The summed E-state index contributed by atoms with van der Waals surface area (Å²) in [5.74, 6) is 1.92. The molecule has 1 heterocycles. The standard InChI is InChI=1S/C15H26N4O2/c1-3-9-16-13-12(21-2)14(19-11-18-13)17-10-15(20)7-5-4-6-8-15/h11,20H,3-10H2,1-2H3,(H2,16,17,18,19). The van der Waals surface area contributed by atoms with Crippen LogP contribution in [0, 0.1) is 0 Å². The van der Waals surface area contributed by atoms with E-state index in [2.05, 4.69) is 27.5 Å². The molecule has 1 aliphatic carbocycles. The minimum atomic E-state index is -0.634. The van der Waals surface area contributed by atoms with Crippen molar-refractivity contribution in [3.8, 4) is 5.75 Å². The van der Waals surface area contributed by atoms with Gasteiger partial charge in [0.25, 0.3) is 0 Å². The molecule has 0 amide bonds. The molecule has 118 valence electrons. The predicted octanol–water partition coefficient (Wildman–Crippen LogP) is 2.41. The summed E-state index contributed by atoms with van der Waals surface area (Å²) in [5, 5.41) is 17.0. The summed E-state index contributed by atoms with van der Waals surface area (Å²) in [6, 6.07) is 0. The molecule has 6 nitrogen and oxygen atoms in total. The van der Waals surface area contributed by atoms with E-state index in [1.807, 2.05) is 0 Å². The van der Waals surface area contributed by atoms with Crippen LogP contribution in [0.1, 0.15) is 45.4 Å². The molecule has 0 aromatic carbocycles. The zero-order valence-electron chi connectivity index (χ0n) is 13.0. The number of hydrogen-bond acceptors (Lipinski definition) is 6. The van der Waals surface area contributed by atoms with Crippen LogP contribution < -0.4 is 15.4 Å². The van der Waals surface area contributed by atoms with Crippen molar-refractivity contribution in [1.29, 1.82) is 0 Å². The Morgan fingerprint density at radius 1 is 1.19 bits per heavy atom. The van der Waals surface area contributed by atoms with Gasteiger partial charge in [0.05, 0.1) is 12.7 Å². The number of aromatic nitrogens is 2. The first-order valence-corrected chi connectivity index (χ1v) is 7.77. The van der Waals surface area contributed by atoms with Gasteiger partial charge in [-0.1, -0.05) is 26.2 Å². The van der Waals surface area contributed by atoms with Crippen LogP contribution >= 0.6 is 0 Å². The summed E-state index contributed by atoms with van der Waals surface area (Å²) in [6.45, 7) is 3.42. The Morgan fingerprint density at radius 2 is 1.86 bits per heavy atom. The Morgan fingerprint density at radius 3 is 2.48 bits per heavy atom. The van der Waals surface area contributed by atoms with Gasteiger partial charge in [-0.05, 0) is 19.3 Å². The monoisotopic (exact) mass is 294 g/mol. The molecular weight excluding hydrogens is 268 g/mol. The third kappa shape index (κ3) is 4.20. The van der Waals surface area contributed by atoms with Gasteiger partial charge in [0.1, 0.15) is 6.33 Å². The van der Waals surface area contributed by atoms with Crippen LogP contribution in [-0.4, -0.2) is 40.9 Å². The average molecular weight is 294 g/mol. The fraction of sp³-hybridized carbons (Fsp3) is 0.733. The second-order valence-corrected chi connectivity index (χ2v) is 5.67. The number of nitrogens with zero attached hydrogens (tertiary/aromatic N) is 2. The van der Waals surface area contributed by atoms with Gasteiger partial charge in [0.2, 0.25) is 5.75 Å². The molecule has 21 heavy (non-hydrogen) atoms. The molecular formula is C15H26N4O2. The van der Waals surface area contributed by atoms with E-state index in [0.29, 0.717) is 23.9 Å². The van der Waals surface area contributed by atoms with Crippen molar-refractivity contribution < 1.29 is 9.84 Å². The molecule has 0 atom stereocenters. The Hall–Kier alpha value is -1.56. The molecule has 0 bridgehead atoms. The lowest BCUT2D eigenvalue weighted by molar-refractivity contribution is 0.0166. The minimum absolute atomic E-state index is 0.494. The molecule has 0 spiro atoms. The molecule has 3 N–H and O–H groups in total. The zero-order chi connectivity index (χ0) is 15.1. The molecule has 6 heteroatoms. The fourth-order valence-electron chi connectivity index (χ4n) is 2.70. The van der Waals surface area contributed by atoms with E-state index in [9.17, 15) is 5.11 Å². The van der Waals surface area contributed by atoms with Gasteiger partial charge in [-0.25, -0.2) is 9.97 Å². The van der Waals surface area contributed by atoms with E-state index in [-0.39, 0.29) is 0 Å². The first-order chi connectivity index (χ1) is 10.2. The highest BCUT2D eigenvalue weighted by Crippen LogP contribution is 2.32. The van der Waals surface area contributed by atoms with Crippen molar-refractivity contribution in [3.63, 3.8) is 0 Å². The van der Waals surface area contributed by atoms with E-state index in [4.69, 9.17) is 4.74 Å². The van der Waals surface area contributed by atoms with Gasteiger partial charge >= 0.3 is 0 Å². The normalized spacial score (nSPS) is 17.3. The summed E-state index contributed by atoms with van der Waals surface area (Å²) in [6.07, 6.45) is 7.58. The predicted molar refractivity (Wildman–Crippen MR) is 83.9 cm³/mol. The Bertz CT molecular complexity index is 447. The molecule has 1 aromatic heterocycles. The van der Waals surface area contributed by atoms with Gasteiger partial charge < -0.3 is 20.5 Å². The smallest absolute Gasteiger partial charge is 0.204 e. The molecule has 0 radical (unpaired) electrons. The number of hydrogen-bond donors (Lipinski definition) is 3. The van der Waals surface area contributed by atoms with Crippen molar-refractivity contribution >= 4 is 11.6 Å².